The van der Waals surface area contributed by atoms with Gasteiger partial charge in [0, 0.05) is 6.08 Å². The van der Waals surface area contributed by atoms with Gasteiger partial charge in [0.2, 0.25) is 0 Å². The molecule has 2 atom stereocenters. The van der Waals surface area contributed by atoms with Gasteiger partial charge in [-0.1, -0.05) is 24.8 Å². The molecule has 0 fully saturated rings. The smallest absolute Gasteiger partial charge is 0.334 e. The Morgan fingerprint density at radius 2 is 2.00 bits per heavy atom. The van der Waals surface area contributed by atoms with E-state index in [2.05, 4.69) is 6.58 Å². The average Bonchev–Trinajstić information content (AvgIpc) is 2.34. The lowest BCUT2D eigenvalue weighted by Gasteiger charge is -2.37. The van der Waals surface area contributed by atoms with Crippen molar-refractivity contribution in [2.24, 2.45) is 0 Å². The van der Waals surface area contributed by atoms with E-state index in [9.17, 15) is 9.90 Å². The molecule has 0 aromatic heterocycles. The molecular weight excluding hydrogens is 242 g/mol. The molecule has 0 amide bonds. The molecule has 1 rings (SSSR count). The van der Waals surface area contributed by atoms with Crippen molar-refractivity contribution in [3.63, 3.8) is 0 Å². The third-order valence-corrected chi connectivity index (χ3v) is 2.85. The zero-order chi connectivity index (χ0) is 14.5. The van der Waals surface area contributed by atoms with E-state index in [0.717, 1.165) is 11.6 Å². The van der Waals surface area contributed by atoms with Crippen molar-refractivity contribution >= 4 is 5.97 Å². The average molecular weight is 264 g/mol. The number of rotatable bonds is 6. The van der Waals surface area contributed by atoms with Crippen LogP contribution in [0.1, 0.15) is 18.7 Å². The second-order valence-corrected chi connectivity index (χ2v) is 5.21. The number of hydrogen-bond acceptors (Lipinski definition) is 3. The molecule has 0 saturated carbocycles. The van der Waals surface area contributed by atoms with Crippen molar-refractivity contribution < 1.29 is 19.1 Å². The summed E-state index contributed by atoms with van der Waals surface area (Å²) in [4.78, 5) is 11.5. The van der Waals surface area contributed by atoms with Crippen molar-refractivity contribution in [1.29, 1.82) is 0 Å². The fraction of sp³-hybridized carbons (Fsp3) is 0.400. The number of quaternary nitrogens is 1. The molecular formula is C15H22NO3+. The first-order valence-electron chi connectivity index (χ1n) is 6.25. The third-order valence-electron chi connectivity index (χ3n) is 2.85. The third kappa shape index (κ3) is 4.50. The standard InChI is InChI=1S/C15H22NO3/c1-5-14(18)19-15(13-9-7-6-8-10-13)16(3,4)11-12(2)17/h5-10,12,15,17H,1,11H2,2-4H3/q+1. The van der Waals surface area contributed by atoms with Gasteiger partial charge < -0.3 is 9.84 Å². The number of carbonyl (C=O) groups is 1. The van der Waals surface area contributed by atoms with E-state index >= 15 is 0 Å². The molecule has 4 heteroatoms. The van der Waals surface area contributed by atoms with E-state index < -0.39 is 18.3 Å². The van der Waals surface area contributed by atoms with Gasteiger partial charge in [-0.3, -0.25) is 4.48 Å². The fourth-order valence-electron chi connectivity index (χ4n) is 2.17. The fourth-order valence-corrected chi connectivity index (χ4v) is 2.17. The summed E-state index contributed by atoms with van der Waals surface area (Å²) >= 11 is 0. The van der Waals surface area contributed by atoms with E-state index in [-0.39, 0.29) is 0 Å². The molecule has 2 unspecified atom stereocenters. The summed E-state index contributed by atoms with van der Waals surface area (Å²) < 4.78 is 5.80. The Kier molecular flexibility index (Phi) is 5.27. The van der Waals surface area contributed by atoms with Gasteiger partial charge in [-0.25, -0.2) is 4.79 Å². The van der Waals surface area contributed by atoms with Gasteiger partial charge in [0.25, 0.3) is 6.23 Å². The minimum Gasteiger partial charge on any atom is -0.405 e. The predicted molar refractivity (Wildman–Crippen MR) is 74.1 cm³/mol. The molecule has 1 aromatic carbocycles. The van der Waals surface area contributed by atoms with Crippen LogP contribution in [0.15, 0.2) is 43.0 Å². The molecule has 0 spiro atoms. The first-order chi connectivity index (χ1) is 8.86. The van der Waals surface area contributed by atoms with Gasteiger partial charge in [0.15, 0.2) is 0 Å². The number of ether oxygens (including phenoxy) is 1. The van der Waals surface area contributed by atoms with Crippen LogP contribution >= 0.6 is 0 Å². The molecule has 0 aliphatic rings. The number of esters is 1. The van der Waals surface area contributed by atoms with Crippen LogP contribution < -0.4 is 0 Å². The number of hydrogen-bond donors (Lipinski definition) is 1. The Morgan fingerprint density at radius 3 is 2.47 bits per heavy atom. The number of benzene rings is 1. The zero-order valence-electron chi connectivity index (χ0n) is 11.7. The van der Waals surface area contributed by atoms with Crippen LogP contribution in [0.4, 0.5) is 0 Å². The van der Waals surface area contributed by atoms with E-state index in [1.807, 2.05) is 44.4 Å². The van der Waals surface area contributed by atoms with Crippen LogP contribution in [0.3, 0.4) is 0 Å². The van der Waals surface area contributed by atoms with Gasteiger partial charge in [-0.05, 0) is 19.1 Å². The van der Waals surface area contributed by atoms with Crippen LogP contribution in [-0.2, 0) is 9.53 Å². The van der Waals surface area contributed by atoms with Crippen molar-refractivity contribution in [3.05, 3.63) is 48.6 Å². The lowest BCUT2D eigenvalue weighted by molar-refractivity contribution is -0.944. The highest BCUT2D eigenvalue weighted by atomic mass is 16.6. The van der Waals surface area contributed by atoms with Crippen LogP contribution in [0.25, 0.3) is 0 Å². The normalized spacial score (nSPS) is 14.5. The summed E-state index contributed by atoms with van der Waals surface area (Å²) in [5.74, 6) is -0.467. The highest BCUT2D eigenvalue weighted by molar-refractivity contribution is 5.81. The maximum atomic E-state index is 11.5. The van der Waals surface area contributed by atoms with E-state index in [4.69, 9.17) is 4.74 Å². The van der Waals surface area contributed by atoms with Crippen molar-refractivity contribution in [3.8, 4) is 0 Å². The van der Waals surface area contributed by atoms with Gasteiger partial charge in [-0.15, -0.1) is 0 Å². The van der Waals surface area contributed by atoms with Gasteiger partial charge in [-0.2, -0.15) is 0 Å². The summed E-state index contributed by atoms with van der Waals surface area (Å²) in [6.07, 6.45) is 0.197. The van der Waals surface area contributed by atoms with Crippen LogP contribution in [0, 0.1) is 0 Å². The van der Waals surface area contributed by atoms with E-state index in [1.54, 1.807) is 6.92 Å². The Bertz CT molecular complexity index is 426. The highest BCUT2D eigenvalue weighted by Crippen LogP contribution is 2.27. The number of aliphatic hydroxyl groups is 1. The van der Waals surface area contributed by atoms with E-state index in [1.165, 1.54) is 0 Å². The molecule has 1 N–H and O–H groups in total. The van der Waals surface area contributed by atoms with Crippen LogP contribution in [0.5, 0.6) is 0 Å². The lowest BCUT2D eigenvalue weighted by atomic mass is 10.1. The molecule has 1 aromatic rings. The van der Waals surface area contributed by atoms with Gasteiger partial charge >= 0.3 is 5.97 Å². The first kappa shape index (κ1) is 15.4. The maximum absolute atomic E-state index is 11.5. The monoisotopic (exact) mass is 264 g/mol. The molecule has 0 radical (unpaired) electrons. The summed E-state index contributed by atoms with van der Waals surface area (Å²) in [5.41, 5.74) is 0.892. The minimum absolute atomic E-state index is 0.348. The zero-order valence-corrected chi connectivity index (χ0v) is 11.7. The second-order valence-electron chi connectivity index (χ2n) is 5.21. The molecule has 19 heavy (non-hydrogen) atoms. The number of likely N-dealkylation sites (N-methyl/N-ethyl adjacent to an activating group) is 1. The Balaban J connectivity index is 3.05. The molecule has 4 nitrogen and oxygen atoms in total. The van der Waals surface area contributed by atoms with Gasteiger partial charge in [0.1, 0.15) is 12.6 Å². The minimum atomic E-state index is -0.483. The molecule has 0 aliphatic heterocycles. The van der Waals surface area contributed by atoms with Crippen LogP contribution in [0.2, 0.25) is 0 Å². The summed E-state index contributed by atoms with van der Waals surface area (Å²) in [6, 6.07) is 9.51. The number of nitrogens with zero attached hydrogens (tertiary/aromatic N) is 1. The molecule has 0 aliphatic carbocycles. The molecule has 0 heterocycles. The maximum Gasteiger partial charge on any atom is 0.334 e. The van der Waals surface area contributed by atoms with E-state index in [0.29, 0.717) is 11.0 Å². The summed E-state index contributed by atoms with van der Waals surface area (Å²) in [6.45, 7) is 5.62. The number of aliphatic hydroxyl groups excluding tert-OH is 1. The second kappa shape index (κ2) is 6.50. The highest BCUT2D eigenvalue weighted by Gasteiger charge is 2.33. The Labute approximate surface area is 114 Å². The number of carbonyl (C=O) groups excluding carboxylic acids is 1. The Hall–Kier alpha value is -1.65. The quantitative estimate of drug-likeness (QED) is 0.369. The predicted octanol–water partition coefficient (Wildman–Crippen LogP) is 1.87. The molecule has 0 bridgehead atoms. The summed E-state index contributed by atoms with van der Waals surface area (Å²) in [5, 5.41) is 9.60. The Morgan fingerprint density at radius 1 is 1.42 bits per heavy atom. The van der Waals surface area contributed by atoms with Crippen molar-refractivity contribution in [1.82, 2.24) is 0 Å². The first-order valence-corrected chi connectivity index (χ1v) is 6.25. The summed E-state index contributed by atoms with van der Waals surface area (Å²) in [7, 11) is 3.83. The SMILES string of the molecule is C=CC(=O)OC(c1ccccc1)[N+](C)(C)CC(C)O. The van der Waals surface area contributed by atoms with Gasteiger partial charge in [0.05, 0.1) is 19.7 Å². The van der Waals surface area contributed by atoms with Crippen LogP contribution in [-0.4, -0.2) is 42.3 Å². The largest absolute Gasteiger partial charge is 0.405 e. The topological polar surface area (TPSA) is 46.5 Å². The lowest BCUT2D eigenvalue weighted by Crippen LogP contribution is -2.48. The molecule has 104 valence electrons. The molecule has 0 saturated heterocycles. The van der Waals surface area contributed by atoms with Crippen molar-refractivity contribution in [2.75, 3.05) is 20.6 Å². The van der Waals surface area contributed by atoms with Crippen molar-refractivity contribution in [2.45, 2.75) is 19.3 Å².